The van der Waals surface area contributed by atoms with Gasteiger partial charge in [-0.3, -0.25) is 4.57 Å². The Morgan fingerprint density at radius 2 is 1.57 bits per heavy atom. The molecule has 4 aromatic carbocycles. The summed E-state index contributed by atoms with van der Waals surface area (Å²) in [7, 11) is 0. The minimum Gasteiger partial charge on any atom is -0.457 e. The molecule has 54 heavy (non-hydrogen) atoms. The molecule has 0 aliphatic heterocycles. The molecule has 0 radical (unpaired) electrons. The second-order valence-electron chi connectivity index (χ2n) is 16.6. The molecule has 1 unspecified atom stereocenters. The van der Waals surface area contributed by atoms with Crippen LogP contribution in [0.15, 0.2) is 103 Å². The van der Waals surface area contributed by atoms with E-state index in [4.69, 9.17) is 14.8 Å². The van der Waals surface area contributed by atoms with Crippen molar-refractivity contribution in [3.05, 3.63) is 131 Å². The summed E-state index contributed by atoms with van der Waals surface area (Å²) < 4.78 is 11.2. The van der Waals surface area contributed by atoms with Crippen molar-refractivity contribution >= 4 is 21.8 Å². The fourth-order valence-corrected chi connectivity index (χ4v) is 7.98. The number of aryl methyl sites for hydroxylation is 3. The van der Waals surface area contributed by atoms with Crippen molar-refractivity contribution < 1.29 is 4.74 Å². The van der Waals surface area contributed by atoms with Gasteiger partial charge in [-0.1, -0.05) is 90.3 Å². The van der Waals surface area contributed by atoms with Crippen molar-refractivity contribution in [2.75, 3.05) is 0 Å². The average Bonchev–Trinajstić information content (AvgIpc) is 3.63. The van der Waals surface area contributed by atoms with E-state index >= 15 is 0 Å². The summed E-state index contributed by atoms with van der Waals surface area (Å²) in [6.45, 7) is 18.0. The monoisotopic (exact) mass is 716 g/mol. The molecule has 5 heteroatoms. The first-order valence-corrected chi connectivity index (χ1v) is 19.9. The molecule has 0 amide bonds. The minimum absolute atomic E-state index is 0.360. The van der Waals surface area contributed by atoms with Crippen LogP contribution in [0.5, 0.6) is 11.5 Å². The molecule has 3 aromatic heterocycles. The van der Waals surface area contributed by atoms with E-state index in [-0.39, 0.29) is 0 Å². The van der Waals surface area contributed by atoms with Gasteiger partial charge in [-0.2, -0.15) is 5.10 Å². The smallest absolute Gasteiger partial charge is 0.137 e. The van der Waals surface area contributed by atoms with Gasteiger partial charge in [0.2, 0.25) is 0 Å². The van der Waals surface area contributed by atoms with Crippen LogP contribution in [0, 0.1) is 26.2 Å². The molecule has 0 fully saturated rings. The zero-order chi connectivity index (χ0) is 38.0. The van der Waals surface area contributed by atoms with Gasteiger partial charge in [0.1, 0.15) is 17.3 Å². The van der Waals surface area contributed by atoms with Crippen LogP contribution < -0.4 is 4.74 Å². The van der Waals surface area contributed by atoms with Crippen molar-refractivity contribution in [3.8, 4) is 34.1 Å². The fraction of sp³-hybridized carbons (Fsp3) is 0.347. The number of unbranched alkanes of at least 4 members (excludes halogenated alkanes) is 2. The third kappa shape index (κ3) is 8.01. The van der Waals surface area contributed by atoms with Crippen LogP contribution in [0.3, 0.4) is 0 Å². The molecule has 0 bridgehead atoms. The van der Waals surface area contributed by atoms with E-state index in [1.165, 1.54) is 70.7 Å². The predicted molar refractivity (Wildman–Crippen MR) is 227 cm³/mol. The van der Waals surface area contributed by atoms with Crippen LogP contribution in [-0.4, -0.2) is 19.3 Å². The van der Waals surface area contributed by atoms with Crippen molar-refractivity contribution in [2.24, 2.45) is 5.41 Å². The minimum atomic E-state index is 0.360. The Hall–Kier alpha value is -5.16. The number of benzene rings is 4. The van der Waals surface area contributed by atoms with Crippen molar-refractivity contribution in [2.45, 2.75) is 106 Å². The van der Waals surface area contributed by atoms with Gasteiger partial charge in [-0.25, -0.2) is 9.67 Å². The normalized spacial score (nSPS) is 12.5. The molecule has 7 rings (SSSR count). The summed E-state index contributed by atoms with van der Waals surface area (Å²) in [5, 5.41) is 7.51. The highest BCUT2D eigenvalue weighted by Gasteiger charge is 2.19. The second-order valence-corrected chi connectivity index (χ2v) is 16.6. The van der Waals surface area contributed by atoms with Gasteiger partial charge in [0, 0.05) is 40.4 Å². The number of fused-ring (bicyclic) bond motifs is 3. The topological polar surface area (TPSA) is 44.9 Å². The van der Waals surface area contributed by atoms with E-state index in [1.807, 2.05) is 6.20 Å². The standard InChI is InChI=1S/C49H56N4O/c1-9-10-12-17-37-28-40(53-36(5)48(35(4)51-53)38-18-13-11-14-19-38)31-42(29-37)54-41-21-22-43-44-30-39(34(3)16-15-25-49(6,7)8)20-23-45(44)52(46(43)32-41)47-27-33(2)24-26-50-47/h11,13-14,18-24,26-32,34H,9-10,12,15-17,25H2,1-8H3. The Balaban J connectivity index is 1.29. The molecule has 0 saturated carbocycles. The number of pyridine rings is 1. The summed E-state index contributed by atoms with van der Waals surface area (Å²) in [6.07, 6.45) is 10.1. The molecule has 7 aromatic rings. The molecule has 278 valence electrons. The summed E-state index contributed by atoms with van der Waals surface area (Å²) in [5.74, 6) is 3.01. The molecule has 3 heterocycles. The summed E-state index contributed by atoms with van der Waals surface area (Å²) in [4.78, 5) is 4.86. The number of rotatable bonds is 13. The van der Waals surface area contributed by atoms with Gasteiger partial charge < -0.3 is 4.74 Å². The van der Waals surface area contributed by atoms with Crippen LogP contribution in [0.2, 0.25) is 0 Å². The molecule has 0 saturated heterocycles. The molecule has 0 aliphatic carbocycles. The number of nitrogens with zero attached hydrogens (tertiary/aromatic N) is 4. The number of ether oxygens (including phenoxy) is 1. The maximum absolute atomic E-state index is 6.83. The second kappa shape index (κ2) is 15.7. The van der Waals surface area contributed by atoms with E-state index in [0.717, 1.165) is 58.3 Å². The van der Waals surface area contributed by atoms with Crippen LogP contribution in [0.4, 0.5) is 0 Å². The summed E-state index contributed by atoms with van der Waals surface area (Å²) >= 11 is 0. The average molecular weight is 717 g/mol. The molecular weight excluding hydrogens is 661 g/mol. The number of aromatic nitrogens is 4. The molecule has 5 nitrogen and oxygen atoms in total. The van der Waals surface area contributed by atoms with Crippen molar-refractivity contribution in [1.82, 2.24) is 19.3 Å². The molecule has 0 aliphatic rings. The third-order valence-corrected chi connectivity index (χ3v) is 10.9. The molecule has 1 atom stereocenters. The van der Waals surface area contributed by atoms with Crippen LogP contribution in [-0.2, 0) is 6.42 Å². The first-order chi connectivity index (χ1) is 26.0. The van der Waals surface area contributed by atoms with E-state index in [2.05, 4.69) is 162 Å². The van der Waals surface area contributed by atoms with E-state index in [9.17, 15) is 0 Å². The lowest BCUT2D eigenvalue weighted by Crippen LogP contribution is -2.05. The van der Waals surface area contributed by atoms with E-state index < -0.39 is 0 Å². The Bertz CT molecular complexity index is 2390. The largest absolute Gasteiger partial charge is 0.457 e. The van der Waals surface area contributed by atoms with Gasteiger partial charge in [-0.15, -0.1) is 0 Å². The highest BCUT2D eigenvalue weighted by molar-refractivity contribution is 6.09. The predicted octanol–water partition coefficient (Wildman–Crippen LogP) is 13.8. The lowest BCUT2D eigenvalue weighted by Gasteiger charge is -2.19. The molecular formula is C49H56N4O. The lowest BCUT2D eigenvalue weighted by molar-refractivity contribution is 0.354. The van der Waals surface area contributed by atoms with Crippen LogP contribution in [0.25, 0.3) is 44.4 Å². The first kappa shape index (κ1) is 37.2. The zero-order valence-electron chi connectivity index (χ0n) is 33.5. The van der Waals surface area contributed by atoms with Gasteiger partial charge in [-0.05, 0) is 129 Å². The highest BCUT2D eigenvalue weighted by Crippen LogP contribution is 2.38. The van der Waals surface area contributed by atoms with Crippen LogP contribution >= 0.6 is 0 Å². The first-order valence-electron chi connectivity index (χ1n) is 19.9. The molecule has 0 N–H and O–H groups in total. The van der Waals surface area contributed by atoms with Gasteiger partial charge in [0.05, 0.1) is 22.4 Å². The zero-order valence-corrected chi connectivity index (χ0v) is 33.5. The van der Waals surface area contributed by atoms with E-state index in [0.29, 0.717) is 11.3 Å². The number of hydrogen-bond acceptors (Lipinski definition) is 3. The van der Waals surface area contributed by atoms with E-state index in [1.54, 1.807) is 0 Å². The maximum Gasteiger partial charge on any atom is 0.137 e. The van der Waals surface area contributed by atoms with Gasteiger partial charge >= 0.3 is 0 Å². The Kier molecular flexibility index (Phi) is 10.8. The van der Waals surface area contributed by atoms with Crippen molar-refractivity contribution in [3.63, 3.8) is 0 Å². The Morgan fingerprint density at radius 1 is 0.759 bits per heavy atom. The Labute approximate surface area is 322 Å². The number of hydrogen-bond donors (Lipinski definition) is 0. The quantitative estimate of drug-likeness (QED) is 0.112. The highest BCUT2D eigenvalue weighted by atomic mass is 16.5. The van der Waals surface area contributed by atoms with Gasteiger partial charge in [0.25, 0.3) is 0 Å². The van der Waals surface area contributed by atoms with Crippen LogP contribution in [0.1, 0.15) is 107 Å². The van der Waals surface area contributed by atoms with Gasteiger partial charge in [0.15, 0.2) is 0 Å². The maximum atomic E-state index is 6.83. The lowest BCUT2D eigenvalue weighted by atomic mass is 9.86. The van der Waals surface area contributed by atoms with Crippen molar-refractivity contribution in [1.29, 1.82) is 0 Å². The third-order valence-electron chi connectivity index (χ3n) is 10.9. The Morgan fingerprint density at radius 3 is 2.33 bits per heavy atom. The fourth-order valence-electron chi connectivity index (χ4n) is 7.98. The summed E-state index contributed by atoms with van der Waals surface area (Å²) in [5.41, 5.74) is 11.9. The summed E-state index contributed by atoms with van der Waals surface area (Å²) in [6, 6.07) is 35.0. The molecule has 0 spiro atoms. The SMILES string of the molecule is CCCCCc1cc(Oc2ccc3c4cc(C(C)CCCC(C)(C)C)ccc4n(-c4cc(C)ccn4)c3c2)cc(-n2nc(C)c(-c3ccccc3)c2C)c1.